The van der Waals surface area contributed by atoms with E-state index in [1.54, 1.807) is 38.1 Å². The molecule has 0 bridgehead atoms. The Morgan fingerprint density at radius 3 is 1.43 bits per heavy atom. The normalized spacial score (nSPS) is 11.5. The molecule has 30 heavy (non-hydrogen) atoms. The summed E-state index contributed by atoms with van der Waals surface area (Å²) >= 11 is 0. The zero-order chi connectivity index (χ0) is 20.3. The minimum absolute atomic E-state index is 0. The summed E-state index contributed by atoms with van der Waals surface area (Å²) in [6, 6.07) is 15.1. The van der Waals surface area contributed by atoms with Crippen LogP contribution in [0, 0.1) is 25.5 Å². The van der Waals surface area contributed by atoms with Gasteiger partial charge in [0.05, 0.1) is 22.8 Å². The Hall–Kier alpha value is -2.40. The van der Waals surface area contributed by atoms with E-state index in [0.717, 1.165) is 11.1 Å². The standard InChI is InChI=1S/C23H21F2N3.ClH.Fe/c1-14-8-5-10-18(24)22(14)26-16(3)20-12-7-13-21(28-20)17(4)27-23-15(2)9-6-11-19(23)25;;/h5-13H,1-4H3;1H;/b26-16+,27-17+;;. The first kappa shape index (κ1) is 25.6. The van der Waals surface area contributed by atoms with Gasteiger partial charge in [0.15, 0.2) is 0 Å². The van der Waals surface area contributed by atoms with E-state index in [1.807, 2.05) is 32.0 Å². The van der Waals surface area contributed by atoms with Crippen LogP contribution in [0.4, 0.5) is 20.2 Å². The van der Waals surface area contributed by atoms with Crippen molar-refractivity contribution in [1.82, 2.24) is 4.98 Å². The first-order valence-electron chi connectivity index (χ1n) is 8.95. The Kier molecular flexibility index (Phi) is 9.50. The molecule has 0 saturated heterocycles. The Morgan fingerprint density at radius 1 is 0.700 bits per heavy atom. The van der Waals surface area contributed by atoms with E-state index in [-0.39, 0.29) is 41.1 Å². The maximum absolute atomic E-state index is 14.1. The molecular weight excluding hydrogens is 448 g/mol. The van der Waals surface area contributed by atoms with Crippen molar-refractivity contribution in [1.29, 1.82) is 0 Å². The fourth-order valence-corrected chi connectivity index (χ4v) is 2.82. The fourth-order valence-electron chi connectivity index (χ4n) is 2.82. The van der Waals surface area contributed by atoms with Gasteiger partial charge in [-0.1, -0.05) is 30.3 Å². The quantitative estimate of drug-likeness (QED) is 0.310. The molecule has 1 aromatic heterocycles. The summed E-state index contributed by atoms with van der Waals surface area (Å²) in [5.74, 6) is -0.744. The maximum atomic E-state index is 14.1. The third kappa shape index (κ3) is 5.82. The summed E-state index contributed by atoms with van der Waals surface area (Å²) in [6.07, 6.45) is 0. The van der Waals surface area contributed by atoms with Crippen molar-refractivity contribution in [2.75, 3.05) is 0 Å². The Balaban J connectivity index is 0.00000225. The second-order valence-corrected chi connectivity index (χ2v) is 6.61. The van der Waals surface area contributed by atoms with Crippen LogP contribution in [0.5, 0.6) is 0 Å². The molecular formula is C23H22ClF2FeN3. The van der Waals surface area contributed by atoms with E-state index < -0.39 is 0 Å². The SMILES string of the molecule is C/C(=N\c1c(C)cccc1F)c1cccc(/C(C)=N/c2c(C)cccc2F)n1.Cl.[Fe]. The Bertz CT molecular complexity index is 974. The predicted octanol–water partition coefficient (Wildman–Crippen LogP) is 6.68. The minimum Gasteiger partial charge on any atom is -0.248 e. The van der Waals surface area contributed by atoms with E-state index >= 15 is 0 Å². The van der Waals surface area contributed by atoms with Crippen LogP contribution >= 0.6 is 12.4 Å². The molecule has 0 radical (unpaired) electrons. The molecule has 158 valence electrons. The van der Waals surface area contributed by atoms with Gasteiger partial charge in [0.2, 0.25) is 0 Å². The smallest absolute Gasteiger partial charge is 0.149 e. The second-order valence-electron chi connectivity index (χ2n) is 6.61. The van der Waals surface area contributed by atoms with Gasteiger partial charge in [-0.05, 0) is 63.1 Å². The molecule has 0 aliphatic heterocycles. The Morgan fingerprint density at radius 2 is 1.07 bits per heavy atom. The summed E-state index contributed by atoms with van der Waals surface area (Å²) in [7, 11) is 0. The summed E-state index contributed by atoms with van der Waals surface area (Å²) in [5, 5.41) is 0. The topological polar surface area (TPSA) is 37.6 Å². The molecule has 0 unspecified atom stereocenters. The number of aliphatic imine (C=N–C) groups is 2. The largest absolute Gasteiger partial charge is 0.248 e. The van der Waals surface area contributed by atoms with Crippen LogP contribution < -0.4 is 0 Å². The van der Waals surface area contributed by atoms with Crippen molar-refractivity contribution in [3.05, 3.63) is 88.7 Å². The van der Waals surface area contributed by atoms with E-state index in [9.17, 15) is 8.78 Å². The van der Waals surface area contributed by atoms with Crippen molar-refractivity contribution in [2.24, 2.45) is 9.98 Å². The van der Waals surface area contributed by atoms with E-state index in [4.69, 9.17) is 0 Å². The number of para-hydroxylation sites is 2. The Labute approximate surface area is 192 Å². The molecule has 0 atom stereocenters. The van der Waals surface area contributed by atoms with Gasteiger partial charge in [-0.15, -0.1) is 12.4 Å². The van der Waals surface area contributed by atoms with Gasteiger partial charge in [0, 0.05) is 17.1 Å². The van der Waals surface area contributed by atoms with E-state index in [2.05, 4.69) is 15.0 Å². The average Bonchev–Trinajstić information content (AvgIpc) is 2.67. The maximum Gasteiger partial charge on any atom is 0.149 e. The predicted molar refractivity (Wildman–Crippen MR) is 118 cm³/mol. The molecule has 2 aromatic carbocycles. The van der Waals surface area contributed by atoms with Crippen molar-refractivity contribution >= 4 is 35.2 Å². The third-order valence-electron chi connectivity index (χ3n) is 4.43. The van der Waals surface area contributed by atoms with Crippen LogP contribution in [0.3, 0.4) is 0 Å². The number of halogens is 3. The first-order valence-corrected chi connectivity index (χ1v) is 8.95. The van der Waals surface area contributed by atoms with Crippen molar-refractivity contribution < 1.29 is 25.8 Å². The van der Waals surface area contributed by atoms with Gasteiger partial charge < -0.3 is 0 Å². The zero-order valence-electron chi connectivity index (χ0n) is 17.1. The first-order chi connectivity index (χ1) is 13.4. The van der Waals surface area contributed by atoms with Gasteiger partial charge in [-0.2, -0.15) is 0 Å². The summed E-state index contributed by atoms with van der Waals surface area (Å²) < 4.78 is 28.1. The number of nitrogens with zero attached hydrogens (tertiary/aromatic N) is 3. The van der Waals surface area contributed by atoms with Gasteiger partial charge in [-0.25, -0.2) is 23.7 Å². The van der Waals surface area contributed by atoms with Gasteiger partial charge >= 0.3 is 0 Å². The number of rotatable bonds is 4. The molecule has 3 rings (SSSR count). The number of hydrogen-bond donors (Lipinski definition) is 0. The molecule has 3 aromatic rings. The number of aromatic nitrogens is 1. The van der Waals surface area contributed by atoms with Crippen LogP contribution in [-0.2, 0) is 17.1 Å². The van der Waals surface area contributed by atoms with Crippen LogP contribution in [0.25, 0.3) is 0 Å². The van der Waals surface area contributed by atoms with Gasteiger partial charge in [0.1, 0.15) is 23.0 Å². The van der Waals surface area contributed by atoms with E-state index in [1.165, 1.54) is 12.1 Å². The van der Waals surface area contributed by atoms with Crippen molar-refractivity contribution in [3.8, 4) is 0 Å². The molecule has 0 aliphatic rings. The second kappa shape index (κ2) is 11.1. The summed E-state index contributed by atoms with van der Waals surface area (Å²) in [6.45, 7) is 7.19. The monoisotopic (exact) mass is 469 g/mol. The number of pyridine rings is 1. The molecule has 0 saturated carbocycles. The minimum atomic E-state index is -0.372. The van der Waals surface area contributed by atoms with Crippen LogP contribution in [0.15, 0.2) is 64.6 Å². The molecule has 0 N–H and O–H groups in total. The summed E-state index contributed by atoms with van der Waals surface area (Å²) in [5.41, 5.74) is 4.51. The average molecular weight is 470 g/mol. The van der Waals surface area contributed by atoms with Crippen molar-refractivity contribution in [3.63, 3.8) is 0 Å². The molecule has 0 aliphatic carbocycles. The molecule has 0 amide bonds. The number of hydrogen-bond acceptors (Lipinski definition) is 3. The molecule has 3 nitrogen and oxygen atoms in total. The van der Waals surface area contributed by atoms with Crippen LogP contribution in [-0.4, -0.2) is 16.4 Å². The van der Waals surface area contributed by atoms with Gasteiger partial charge in [-0.3, -0.25) is 0 Å². The molecule has 7 heteroatoms. The molecule has 0 spiro atoms. The summed E-state index contributed by atoms with van der Waals surface area (Å²) in [4.78, 5) is 13.4. The van der Waals surface area contributed by atoms with Crippen LogP contribution in [0.1, 0.15) is 36.4 Å². The number of aryl methyl sites for hydroxylation is 2. The van der Waals surface area contributed by atoms with E-state index in [0.29, 0.717) is 34.2 Å². The van der Waals surface area contributed by atoms with Crippen molar-refractivity contribution in [2.45, 2.75) is 27.7 Å². The third-order valence-corrected chi connectivity index (χ3v) is 4.43. The fraction of sp³-hybridized carbons (Fsp3) is 0.174. The zero-order valence-corrected chi connectivity index (χ0v) is 19.0. The molecule has 0 fully saturated rings. The van der Waals surface area contributed by atoms with Crippen LogP contribution in [0.2, 0.25) is 0 Å². The number of benzene rings is 2. The van der Waals surface area contributed by atoms with Gasteiger partial charge in [0.25, 0.3) is 0 Å². The molecule has 1 heterocycles.